The van der Waals surface area contributed by atoms with E-state index in [1.807, 2.05) is 12.1 Å². The molecule has 0 amide bonds. The van der Waals surface area contributed by atoms with Crippen LogP contribution in [-0.2, 0) is 6.54 Å². The minimum absolute atomic E-state index is 0.356. The Bertz CT molecular complexity index is 836. The third kappa shape index (κ3) is 2.88. The Morgan fingerprint density at radius 2 is 2.00 bits per heavy atom. The lowest BCUT2D eigenvalue weighted by Gasteiger charge is -2.30. The molecule has 0 aliphatic carbocycles. The number of hydrogen-bond donors (Lipinski definition) is 2. The van der Waals surface area contributed by atoms with Crippen LogP contribution in [0.15, 0.2) is 47.2 Å². The molecule has 124 valence electrons. The van der Waals surface area contributed by atoms with Crippen LogP contribution < -0.4 is 11.5 Å². The molecular weight excluding hydrogens is 300 g/mol. The molecule has 1 aromatic carbocycles. The molecule has 1 fully saturated rings. The van der Waals surface area contributed by atoms with E-state index in [1.54, 1.807) is 12.5 Å². The molecule has 3 aromatic rings. The number of anilines is 1. The van der Waals surface area contributed by atoms with E-state index in [0.29, 0.717) is 11.9 Å². The number of aromatic nitrogens is 1. The number of pyridine rings is 1. The molecule has 0 unspecified atom stereocenters. The Hall–Kier alpha value is -2.37. The molecule has 4 N–H and O–H groups in total. The fourth-order valence-corrected chi connectivity index (χ4v) is 3.41. The Kier molecular flexibility index (Phi) is 3.96. The summed E-state index contributed by atoms with van der Waals surface area (Å²) >= 11 is 0. The summed E-state index contributed by atoms with van der Waals surface area (Å²) in [6.07, 6.45) is 5.61. The molecule has 0 bridgehead atoms. The van der Waals surface area contributed by atoms with E-state index < -0.39 is 0 Å². The summed E-state index contributed by atoms with van der Waals surface area (Å²) in [7, 11) is 0. The molecule has 1 aliphatic rings. The minimum atomic E-state index is 0.356. The van der Waals surface area contributed by atoms with E-state index in [9.17, 15) is 0 Å². The zero-order valence-electron chi connectivity index (χ0n) is 13.6. The Balaban J connectivity index is 1.70. The predicted molar refractivity (Wildman–Crippen MR) is 96.3 cm³/mol. The second-order valence-electron chi connectivity index (χ2n) is 6.53. The highest BCUT2D eigenvalue weighted by atomic mass is 16.3. The maximum Gasteiger partial charge on any atom is 0.136 e. The van der Waals surface area contributed by atoms with Crippen LogP contribution in [0.4, 0.5) is 5.82 Å². The number of nitrogen functional groups attached to an aromatic ring is 1. The van der Waals surface area contributed by atoms with E-state index in [2.05, 4.69) is 28.1 Å². The lowest BCUT2D eigenvalue weighted by Crippen LogP contribution is -2.39. The molecule has 1 aliphatic heterocycles. The normalized spacial score (nSPS) is 16.7. The van der Waals surface area contributed by atoms with Crippen LogP contribution in [0, 0.1) is 0 Å². The first kappa shape index (κ1) is 15.2. The predicted octanol–water partition coefficient (Wildman–Crippen LogP) is 3.00. The summed E-state index contributed by atoms with van der Waals surface area (Å²) in [6.45, 7) is 3.05. The van der Waals surface area contributed by atoms with E-state index in [4.69, 9.17) is 15.9 Å². The second-order valence-corrected chi connectivity index (χ2v) is 6.53. The highest BCUT2D eigenvalue weighted by Crippen LogP contribution is 2.32. The summed E-state index contributed by atoms with van der Waals surface area (Å²) in [5.41, 5.74) is 14.3. The zero-order chi connectivity index (χ0) is 16.5. The van der Waals surface area contributed by atoms with Crippen molar-refractivity contribution in [3.8, 4) is 11.3 Å². The van der Waals surface area contributed by atoms with Gasteiger partial charge in [0.1, 0.15) is 11.6 Å². The van der Waals surface area contributed by atoms with Crippen LogP contribution in [0.25, 0.3) is 22.1 Å². The maximum atomic E-state index is 6.06. The van der Waals surface area contributed by atoms with Crippen LogP contribution in [0.3, 0.4) is 0 Å². The van der Waals surface area contributed by atoms with E-state index in [-0.39, 0.29) is 0 Å². The van der Waals surface area contributed by atoms with Gasteiger partial charge in [-0.25, -0.2) is 4.98 Å². The fourth-order valence-electron chi connectivity index (χ4n) is 3.41. The fraction of sp³-hybridized carbons (Fsp3) is 0.316. The minimum Gasteiger partial charge on any atom is -0.464 e. The number of nitrogens with two attached hydrogens (primary N) is 2. The standard InChI is InChI=1S/C19H22N4O/c20-14-5-7-23(8-6-14)12-13-3-4-15-16(10-13)17(11-22-19(15)21)18-2-1-9-24-18/h1-4,9-11,14H,5-8,12,20H2,(H2,21,22). The number of hydrogen-bond acceptors (Lipinski definition) is 5. The Labute approximate surface area is 141 Å². The van der Waals surface area contributed by atoms with Crippen LogP contribution in [0.2, 0.25) is 0 Å². The van der Waals surface area contributed by atoms with Gasteiger partial charge in [0.05, 0.1) is 6.26 Å². The molecule has 0 saturated carbocycles. The van der Waals surface area contributed by atoms with Crippen molar-refractivity contribution in [2.24, 2.45) is 5.73 Å². The van der Waals surface area contributed by atoms with Gasteiger partial charge in [-0.15, -0.1) is 0 Å². The summed E-state index contributed by atoms with van der Waals surface area (Å²) in [5.74, 6) is 1.37. The average Bonchev–Trinajstić information content (AvgIpc) is 3.12. The van der Waals surface area contributed by atoms with Crippen molar-refractivity contribution in [2.75, 3.05) is 18.8 Å². The van der Waals surface area contributed by atoms with Gasteiger partial charge in [0.25, 0.3) is 0 Å². The summed E-state index contributed by atoms with van der Waals surface area (Å²) in [6, 6.07) is 10.6. The van der Waals surface area contributed by atoms with Gasteiger partial charge >= 0.3 is 0 Å². The van der Waals surface area contributed by atoms with Crippen LogP contribution in [-0.4, -0.2) is 29.0 Å². The summed E-state index contributed by atoms with van der Waals surface area (Å²) in [5, 5.41) is 2.05. The van der Waals surface area contributed by atoms with Gasteiger partial charge in [0.15, 0.2) is 0 Å². The molecule has 0 radical (unpaired) electrons. The van der Waals surface area contributed by atoms with Crippen molar-refractivity contribution in [3.63, 3.8) is 0 Å². The molecular formula is C19H22N4O. The topological polar surface area (TPSA) is 81.3 Å². The van der Waals surface area contributed by atoms with Crippen molar-refractivity contribution in [3.05, 3.63) is 48.4 Å². The molecule has 0 spiro atoms. The third-order valence-electron chi connectivity index (χ3n) is 4.81. The number of nitrogens with zero attached hydrogens (tertiary/aromatic N) is 2. The molecule has 2 aromatic heterocycles. The summed E-state index contributed by atoms with van der Waals surface area (Å²) in [4.78, 5) is 6.77. The lowest BCUT2D eigenvalue weighted by molar-refractivity contribution is 0.206. The van der Waals surface area contributed by atoms with Crippen molar-refractivity contribution in [2.45, 2.75) is 25.4 Å². The molecule has 5 heteroatoms. The largest absolute Gasteiger partial charge is 0.464 e. The van der Waals surface area contributed by atoms with Crippen LogP contribution >= 0.6 is 0 Å². The smallest absolute Gasteiger partial charge is 0.136 e. The maximum absolute atomic E-state index is 6.06. The number of piperidine rings is 1. The van der Waals surface area contributed by atoms with Gasteiger partial charge in [-0.2, -0.15) is 0 Å². The van der Waals surface area contributed by atoms with Crippen LogP contribution in [0.1, 0.15) is 18.4 Å². The van der Waals surface area contributed by atoms with Gasteiger partial charge in [0, 0.05) is 29.7 Å². The SMILES string of the molecule is Nc1ncc(-c2ccco2)c2cc(CN3CCC(N)CC3)ccc12. The van der Waals surface area contributed by atoms with Crippen molar-refractivity contribution >= 4 is 16.6 Å². The Morgan fingerprint density at radius 1 is 1.17 bits per heavy atom. The number of fused-ring (bicyclic) bond motifs is 1. The first-order valence-corrected chi connectivity index (χ1v) is 8.39. The van der Waals surface area contributed by atoms with E-state index >= 15 is 0 Å². The van der Waals surface area contributed by atoms with Crippen LogP contribution in [0.5, 0.6) is 0 Å². The number of furan rings is 1. The van der Waals surface area contributed by atoms with Gasteiger partial charge in [-0.05, 0) is 55.1 Å². The first-order chi connectivity index (χ1) is 11.7. The van der Waals surface area contributed by atoms with E-state index in [0.717, 1.165) is 54.6 Å². The molecule has 5 nitrogen and oxygen atoms in total. The molecule has 0 atom stereocenters. The van der Waals surface area contributed by atoms with Crippen molar-refractivity contribution in [1.82, 2.24) is 9.88 Å². The van der Waals surface area contributed by atoms with Gasteiger partial charge in [0.2, 0.25) is 0 Å². The van der Waals surface area contributed by atoms with Gasteiger partial charge in [-0.3, -0.25) is 4.90 Å². The lowest BCUT2D eigenvalue weighted by atomic mass is 10.0. The second kappa shape index (κ2) is 6.26. The highest BCUT2D eigenvalue weighted by Gasteiger charge is 2.17. The molecule has 4 rings (SSSR count). The number of likely N-dealkylation sites (tertiary alicyclic amines) is 1. The third-order valence-corrected chi connectivity index (χ3v) is 4.81. The number of rotatable bonds is 3. The average molecular weight is 322 g/mol. The van der Waals surface area contributed by atoms with Gasteiger partial charge < -0.3 is 15.9 Å². The molecule has 1 saturated heterocycles. The molecule has 24 heavy (non-hydrogen) atoms. The highest BCUT2D eigenvalue weighted by molar-refractivity contribution is 6.00. The van der Waals surface area contributed by atoms with Crippen molar-refractivity contribution in [1.29, 1.82) is 0 Å². The monoisotopic (exact) mass is 322 g/mol. The molecule has 3 heterocycles. The summed E-state index contributed by atoms with van der Waals surface area (Å²) < 4.78 is 5.56. The van der Waals surface area contributed by atoms with Crippen molar-refractivity contribution < 1.29 is 4.42 Å². The number of benzene rings is 1. The Morgan fingerprint density at radius 3 is 2.75 bits per heavy atom. The first-order valence-electron chi connectivity index (χ1n) is 8.39. The quantitative estimate of drug-likeness (QED) is 0.774. The van der Waals surface area contributed by atoms with Gasteiger partial charge in [-0.1, -0.05) is 12.1 Å². The van der Waals surface area contributed by atoms with E-state index in [1.165, 1.54) is 5.56 Å². The zero-order valence-corrected chi connectivity index (χ0v) is 13.6.